The molecule has 0 spiro atoms. The van der Waals surface area contributed by atoms with Crippen molar-refractivity contribution in [3.63, 3.8) is 0 Å². The number of guanidine groups is 1. The predicted octanol–water partition coefficient (Wildman–Crippen LogP) is 4.01. The summed E-state index contributed by atoms with van der Waals surface area (Å²) in [5.41, 5.74) is 0.252. The molecule has 2 heterocycles. The molecular weight excluding hydrogens is 391 g/mol. The fraction of sp³-hybridized carbons (Fsp3) is 0.350. The second kappa shape index (κ2) is 9.39. The average Bonchev–Trinajstić information content (AvgIpc) is 3.21. The summed E-state index contributed by atoms with van der Waals surface area (Å²) in [5, 5.41) is 17.7. The van der Waals surface area contributed by atoms with Crippen LogP contribution in [0.1, 0.15) is 13.8 Å². The number of hydrogen-bond donors (Lipinski definition) is 2. The number of amides is 2. The number of benzene rings is 1. The van der Waals surface area contributed by atoms with E-state index in [0.717, 1.165) is 5.00 Å². The maximum atomic E-state index is 14.1. The quantitative estimate of drug-likeness (QED) is 0.452. The molecular formula is C20H23FN6OS. The topological polar surface area (TPSA) is 83.8 Å². The van der Waals surface area contributed by atoms with E-state index >= 15 is 0 Å². The minimum atomic E-state index is -0.423. The Hall–Kier alpha value is -3.12. The summed E-state index contributed by atoms with van der Waals surface area (Å²) in [6, 6.07) is 9.76. The number of halogens is 1. The average molecular weight is 415 g/mol. The van der Waals surface area contributed by atoms with Gasteiger partial charge in [-0.2, -0.15) is 5.26 Å². The molecule has 1 aromatic heterocycles. The molecule has 0 radical (unpaired) electrons. The summed E-state index contributed by atoms with van der Waals surface area (Å²) in [6.45, 7) is 5.50. The van der Waals surface area contributed by atoms with Crippen LogP contribution in [-0.4, -0.2) is 47.5 Å². The molecule has 0 bridgehead atoms. The molecule has 1 saturated heterocycles. The number of thiophene rings is 1. The molecule has 1 atom stereocenters. The second-order valence-corrected chi connectivity index (χ2v) is 7.95. The highest BCUT2D eigenvalue weighted by atomic mass is 32.1. The zero-order chi connectivity index (χ0) is 20.8. The monoisotopic (exact) mass is 414 g/mol. The summed E-state index contributed by atoms with van der Waals surface area (Å²) in [4.78, 5) is 20.2. The number of nitrogens with one attached hydrogen (secondary N) is 2. The van der Waals surface area contributed by atoms with Crippen LogP contribution in [0.5, 0.6) is 0 Å². The van der Waals surface area contributed by atoms with Gasteiger partial charge < -0.3 is 15.1 Å². The van der Waals surface area contributed by atoms with Crippen molar-refractivity contribution in [2.75, 3.05) is 30.3 Å². The zero-order valence-corrected chi connectivity index (χ0v) is 17.1. The lowest BCUT2D eigenvalue weighted by Crippen LogP contribution is -2.60. The Morgan fingerprint density at radius 2 is 2.07 bits per heavy atom. The number of carbonyl (C=O) groups is 1. The van der Waals surface area contributed by atoms with E-state index in [1.165, 1.54) is 17.4 Å². The van der Waals surface area contributed by atoms with Crippen molar-refractivity contribution in [2.24, 2.45) is 10.9 Å². The van der Waals surface area contributed by atoms with Crippen LogP contribution in [0.15, 0.2) is 46.8 Å². The Balaban J connectivity index is 1.76. The Morgan fingerprint density at radius 3 is 2.72 bits per heavy atom. The molecule has 9 heteroatoms. The van der Waals surface area contributed by atoms with Gasteiger partial charge in [-0.25, -0.2) is 9.18 Å². The molecule has 7 nitrogen and oxygen atoms in total. The van der Waals surface area contributed by atoms with E-state index in [-0.39, 0.29) is 29.6 Å². The fourth-order valence-electron chi connectivity index (χ4n) is 3.26. The van der Waals surface area contributed by atoms with E-state index in [1.54, 1.807) is 29.3 Å². The molecule has 0 aliphatic carbocycles. The third-order valence-corrected chi connectivity index (χ3v) is 5.56. The molecule has 1 aliphatic rings. The van der Waals surface area contributed by atoms with Crippen LogP contribution in [-0.2, 0) is 0 Å². The normalized spacial score (nSPS) is 17.2. The van der Waals surface area contributed by atoms with Gasteiger partial charge in [-0.1, -0.05) is 26.0 Å². The van der Waals surface area contributed by atoms with Crippen LogP contribution in [0.3, 0.4) is 0 Å². The van der Waals surface area contributed by atoms with Gasteiger partial charge in [0, 0.05) is 19.6 Å². The van der Waals surface area contributed by atoms with E-state index in [2.05, 4.69) is 15.6 Å². The Bertz CT molecular complexity index is 908. The first-order valence-corrected chi connectivity index (χ1v) is 10.2. The molecule has 152 valence electrons. The SMILES string of the molecule is CC(C)C1CN(C(=O)Nc2cccs2)CCN1/C(=N/C#N)Nc1ccccc1F. The molecule has 29 heavy (non-hydrogen) atoms. The number of urea groups is 1. The van der Waals surface area contributed by atoms with Crippen molar-refractivity contribution in [1.82, 2.24) is 9.80 Å². The predicted molar refractivity (Wildman–Crippen MR) is 113 cm³/mol. The third kappa shape index (κ3) is 5.03. The summed E-state index contributed by atoms with van der Waals surface area (Å²) in [5.74, 6) is 0.0430. The molecule has 2 aromatic rings. The lowest BCUT2D eigenvalue weighted by molar-refractivity contribution is 0.120. The van der Waals surface area contributed by atoms with Gasteiger partial charge in [0.1, 0.15) is 5.82 Å². The van der Waals surface area contributed by atoms with Crippen molar-refractivity contribution < 1.29 is 9.18 Å². The first-order chi connectivity index (χ1) is 14.0. The number of nitrogens with zero attached hydrogens (tertiary/aromatic N) is 4. The molecule has 1 aliphatic heterocycles. The van der Waals surface area contributed by atoms with Crippen molar-refractivity contribution in [3.05, 3.63) is 47.6 Å². The molecule has 3 rings (SSSR count). The number of anilines is 2. The van der Waals surface area contributed by atoms with E-state index < -0.39 is 5.82 Å². The third-order valence-electron chi connectivity index (χ3n) is 4.77. The molecule has 1 unspecified atom stereocenters. The van der Waals surface area contributed by atoms with Gasteiger partial charge in [0.25, 0.3) is 0 Å². The Morgan fingerprint density at radius 1 is 1.28 bits per heavy atom. The molecule has 1 aromatic carbocycles. The van der Waals surface area contributed by atoms with E-state index in [9.17, 15) is 9.18 Å². The highest BCUT2D eigenvalue weighted by Crippen LogP contribution is 2.22. The highest BCUT2D eigenvalue weighted by Gasteiger charge is 2.34. The Kier molecular flexibility index (Phi) is 6.67. The van der Waals surface area contributed by atoms with Crippen LogP contribution in [0, 0.1) is 23.2 Å². The van der Waals surface area contributed by atoms with Gasteiger partial charge in [0.2, 0.25) is 12.2 Å². The van der Waals surface area contributed by atoms with Gasteiger partial charge >= 0.3 is 6.03 Å². The van der Waals surface area contributed by atoms with Gasteiger partial charge in [0.05, 0.1) is 16.7 Å². The lowest BCUT2D eigenvalue weighted by Gasteiger charge is -2.44. The van der Waals surface area contributed by atoms with Crippen molar-refractivity contribution in [1.29, 1.82) is 5.26 Å². The van der Waals surface area contributed by atoms with Gasteiger partial charge in [0.15, 0.2) is 0 Å². The maximum Gasteiger partial charge on any atom is 0.322 e. The number of piperazine rings is 1. The summed E-state index contributed by atoms with van der Waals surface area (Å²) >= 11 is 1.47. The van der Waals surface area contributed by atoms with Crippen LogP contribution >= 0.6 is 11.3 Å². The van der Waals surface area contributed by atoms with E-state index in [4.69, 9.17) is 5.26 Å². The van der Waals surface area contributed by atoms with Crippen molar-refractivity contribution >= 4 is 34.0 Å². The minimum absolute atomic E-state index is 0.0794. The maximum absolute atomic E-state index is 14.1. The Labute approximate surface area is 173 Å². The van der Waals surface area contributed by atoms with Gasteiger partial charge in [-0.15, -0.1) is 16.3 Å². The number of carbonyl (C=O) groups excluding carboxylic acids is 1. The second-order valence-electron chi connectivity index (χ2n) is 7.00. The van der Waals surface area contributed by atoms with Crippen molar-refractivity contribution in [2.45, 2.75) is 19.9 Å². The van der Waals surface area contributed by atoms with Crippen molar-refractivity contribution in [3.8, 4) is 6.19 Å². The van der Waals surface area contributed by atoms with Crippen LogP contribution in [0.25, 0.3) is 0 Å². The number of nitriles is 1. The molecule has 1 fully saturated rings. The summed E-state index contributed by atoms with van der Waals surface area (Å²) in [7, 11) is 0. The first-order valence-electron chi connectivity index (χ1n) is 9.34. The highest BCUT2D eigenvalue weighted by molar-refractivity contribution is 7.14. The lowest BCUT2D eigenvalue weighted by atomic mass is 10.00. The minimum Gasteiger partial charge on any atom is -0.335 e. The smallest absolute Gasteiger partial charge is 0.322 e. The first kappa shape index (κ1) is 20.6. The van der Waals surface area contributed by atoms with Crippen LogP contribution < -0.4 is 10.6 Å². The molecule has 0 saturated carbocycles. The number of aliphatic imine (C=N–C) groups is 1. The zero-order valence-electron chi connectivity index (χ0n) is 16.3. The molecule has 2 amide bonds. The van der Waals surface area contributed by atoms with E-state index in [1.807, 2.05) is 36.3 Å². The number of hydrogen-bond acceptors (Lipinski definition) is 4. The van der Waals surface area contributed by atoms with Crippen LogP contribution in [0.2, 0.25) is 0 Å². The van der Waals surface area contributed by atoms with E-state index in [0.29, 0.717) is 19.6 Å². The number of para-hydroxylation sites is 1. The summed E-state index contributed by atoms with van der Waals surface area (Å²) in [6.07, 6.45) is 1.80. The standard InChI is InChI=1S/C20H23FN6OS/c1-14(2)17-12-26(20(28)25-18-8-5-11-29-18)9-10-27(17)19(23-13-22)24-16-7-4-3-6-15(16)21/h3-8,11,14,17H,9-10,12H2,1-2H3,(H,23,24)(H,25,28). The largest absolute Gasteiger partial charge is 0.335 e. The fourth-order valence-corrected chi connectivity index (χ4v) is 3.86. The molecule has 2 N–H and O–H groups in total. The number of rotatable bonds is 3. The van der Waals surface area contributed by atoms with Gasteiger partial charge in [-0.05, 0) is 35.6 Å². The van der Waals surface area contributed by atoms with Gasteiger partial charge in [-0.3, -0.25) is 5.32 Å². The van der Waals surface area contributed by atoms with Crippen LogP contribution in [0.4, 0.5) is 19.9 Å². The summed E-state index contributed by atoms with van der Waals surface area (Å²) < 4.78 is 14.1.